The number of nitrogens with zero attached hydrogens (tertiary/aromatic N) is 2. The van der Waals surface area contributed by atoms with Crippen LogP contribution in [-0.4, -0.2) is 4.98 Å². The number of rotatable bonds is 2. The highest BCUT2D eigenvalue weighted by Crippen LogP contribution is 2.29. The summed E-state index contributed by atoms with van der Waals surface area (Å²) < 4.78 is 5.76. The molecule has 0 atom stereocenters. The van der Waals surface area contributed by atoms with E-state index in [1.54, 1.807) is 6.07 Å². The van der Waals surface area contributed by atoms with E-state index in [2.05, 4.69) is 11.1 Å². The number of benzene rings is 1. The molecule has 0 unspecified atom stereocenters. The maximum atomic E-state index is 9.07. The number of pyridine rings is 1. The number of nitrogens with two attached hydrogens (primary N) is 1. The van der Waals surface area contributed by atoms with Gasteiger partial charge in [0.15, 0.2) is 0 Å². The van der Waals surface area contributed by atoms with Gasteiger partial charge in [-0.3, -0.25) is 0 Å². The van der Waals surface area contributed by atoms with E-state index in [4.69, 9.17) is 15.7 Å². The van der Waals surface area contributed by atoms with Gasteiger partial charge in [-0.25, -0.2) is 4.98 Å². The Morgan fingerprint density at radius 3 is 2.63 bits per heavy atom. The average Bonchev–Trinajstić information content (AvgIpc) is 2.37. The molecule has 96 valence electrons. The molecule has 1 aromatic carbocycles. The standard InChI is InChI=1S/C15H15N3O/c1-9-4-10(2)11(3)14(5-9)19-15-12(7-16)6-13(17)8-18-15/h4-6,8H,17H2,1-3H3. The second-order valence-electron chi connectivity index (χ2n) is 4.54. The van der Waals surface area contributed by atoms with Crippen molar-refractivity contribution >= 4 is 5.69 Å². The smallest absolute Gasteiger partial charge is 0.237 e. The van der Waals surface area contributed by atoms with Gasteiger partial charge in [0.05, 0.1) is 11.9 Å². The van der Waals surface area contributed by atoms with Crippen molar-refractivity contribution < 1.29 is 4.74 Å². The molecule has 4 nitrogen and oxygen atoms in total. The van der Waals surface area contributed by atoms with Crippen molar-refractivity contribution in [3.8, 4) is 17.7 Å². The molecule has 0 saturated carbocycles. The Kier molecular flexibility index (Phi) is 3.39. The first-order valence-corrected chi connectivity index (χ1v) is 5.92. The first-order chi connectivity index (χ1) is 9.01. The molecule has 0 aliphatic rings. The molecule has 19 heavy (non-hydrogen) atoms. The molecule has 0 saturated heterocycles. The van der Waals surface area contributed by atoms with Crippen LogP contribution in [0, 0.1) is 32.1 Å². The molecule has 1 heterocycles. The molecule has 0 bridgehead atoms. The van der Waals surface area contributed by atoms with Crippen molar-refractivity contribution in [1.29, 1.82) is 5.26 Å². The van der Waals surface area contributed by atoms with Crippen LogP contribution >= 0.6 is 0 Å². The third-order valence-corrected chi connectivity index (χ3v) is 2.96. The Labute approximate surface area is 112 Å². The van der Waals surface area contributed by atoms with E-state index < -0.39 is 0 Å². The minimum atomic E-state index is 0.282. The number of hydrogen-bond acceptors (Lipinski definition) is 4. The van der Waals surface area contributed by atoms with Crippen LogP contribution in [0.3, 0.4) is 0 Å². The van der Waals surface area contributed by atoms with E-state index in [-0.39, 0.29) is 5.88 Å². The van der Waals surface area contributed by atoms with Gasteiger partial charge in [0.1, 0.15) is 17.4 Å². The van der Waals surface area contributed by atoms with Crippen molar-refractivity contribution in [3.05, 3.63) is 46.6 Å². The maximum Gasteiger partial charge on any atom is 0.237 e. The van der Waals surface area contributed by atoms with E-state index in [0.29, 0.717) is 17.0 Å². The van der Waals surface area contributed by atoms with Gasteiger partial charge in [0.2, 0.25) is 5.88 Å². The van der Waals surface area contributed by atoms with Crippen molar-refractivity contribution in [2.75, 3.05) is 5.73 Å². The maximum absolute atomic E-state index is 9.07. The molecular formula is C15H15N3O. The number of anilines is 1. The average molecular weight is 253 g/mol. The molecule has 4 heteroatoms. The van der Waals surface area contributed by atoms with Crippen molar-refractivity contribution in [1.82, 2.24) is 4.98 Å². The topological polar surface area (TPSA) is 71.9 Å². The molecular weight excluding hydrogens is 238 g/mol. The Morgan fingerprint density at radius 1 is 1.21 bits per heavy atom. The second-order valence-corrected chi connectivity index (χ2v) is 4.54. The molecule has 0 aliphatic carbocycles. The minimum absolute atomic E-state index is 0.282. The summed E-state index contributed by atoms with van der Waals surface area (Å²) in [5, 5.41) is 9.07. The van der Waals surface area contributed by atoms with Crippen LogP contribution in [0.5, 0.6) is 11.6 Å². The summed E-state index contributed by atoms with van der Waals surface area (Å²) in [6.45, 7) is 6.01. The quantitative estimate of drug-likeness (QED) is 0.891. The van der Waals surface area contributed by atoms with Crippen LogP contribution in [0.1, 0.15) is 22.3 Å². The van der Waals surface area contributed by atoms with Gasteiger partial charge < -0.3 is 10.5 Å². The summed E-state index contributed by atoms with van der Waals surface area (Å²) in [7, 11) is 0. The Morgan fingerprint density at radius 2 is 1.95 bits per heavy atom. The molecule has 0 spiro atoms. The zero-order chi connectivity index (χ0) is 14.0. The lowest BCUT2D eigenvalue weighted by atomic mass is 10.1. The highest BCUT2D eigenvalue weighted by molar-refractivity contribution is 5.51. The number of hydrogen-bond donors (Lipinski definition) is 1. The fourth-order valence-electron chi connectivity index (χ4n) is 1.84. The van der Waals surface area contributed by atoms with Crippen molar-refractivity contribution in [2.45, 2.75) is 20.8 Å². The molecule has 0 amide bonds. The van der Waals surface area contributed by atoms with E-state index in [1.165, 1.54) is 6.20 Å². The molecule has 2 aromatic rings. The number of aryl methyl sites for hydroxylation is 2. The molecule has 0 aliphatic heterocycles. The predicted molar refractivity (Wildman–Crippen MR) is 74.1 cm³/mol. The summed E-state index contributed by atoms with van der Waals surface area (Å²) in [5.41, 5.74) is 9.66. The lowest BCUT2D eigenvalue weighted by Gasteiger charge is -2.12. The van der Waals surface area contributed by atoms with Crippen LogP contribution in [0.2, 0.25) is 0 Å². The zero-order valence-electron chi connectivity index (χ0n) is 11.2. The SMILES string of the molecule is Cc1cc(C)c(C)c(Oc2ncc(N)cc2C#N)c1. The van der Waals surface area contributed by atoms with Crippen molar-refractivity contribution in [2.24, 2.45) is 0 Å². The predicted octanol–water partition coefficient (Wildman–Crippen LogP) is 3.25. The van der Waals surface area contributed by atoms with Gasteiger partial charge >= 0.3 is 0 Å². The van der Waals surface area contributed by atoms with Gasteiger partial charge in [-0.15, -0.1) is 0 Å². The van der Waals surface area contributed by atoms with Gasteiger partial charge in [-0.05, 0) is 49.6 Å². The molecule has 0 fully saturated rings. The largest absolute Gasteiger partial charge is 0.437 e. The van der Waals surface area contributed by atoms with Crippen molar-refractivity contribution in [3.63, 3.8) is 0 Å². The highest BCUT2D eigenvalue weighted by Gasteiger charge is 2.10. The van der Waals surface area contributed by atoms with E-state index in [1.807, 2.05) is 32.9 Å². The molecule has 2 N–H and O–H groups in total. The van der Waals surface area contributed by atoms with Gasteiger partial charge in [-0.1, -0.05) is 6.07 Å². The summed E-state index contributed by atoms with van der Waals surface area (Å²) in [6.07, 6.45) is 1.48. The lowest BCUT2D eigenvalue weighted by molar-refractivity contribution is 0.457. The van der Waals surface area contributed by atoms with Crippen LogP contribution in [0.15, 0.2) is 24.4 Å². The molecule has 1 aromatic heterocycles. The lowest BCUT2D eigenvalue weighted by Crippen LogP contribution is -1.97. The third-order valence-electron chi connectivity index (χ3n) is 2.96. The normalized spacial score (nSPS) is 10.0. The summed E-state index contributed by atoms with van der Waals surface area (Å²) in [6, 6.07) is 7.61. The highest BCUT2D eigenvalue weighted by atomic mass is 16.5. The Balaban J connectivity index is 2.45. The van der Waals surface area contributed by atoms with Crippen LogP contribution < -0.4 is 10.5 Å². The Hall–Kier alpha value is -2.54. The third kappa shape index (κ3) is 2.66. The molecule has 2 rings (SSSR count). The fraction of sp³-hybridized carbons (Fsp3) is 0.200. The second kappa shape index (κ2) is 4.99. The van der Waals surface area contributed by atoms with Crippen LogP contribution in [0.25, 0.3) is 0 Å². The van der Waals surface area contributed by atoms with Gasteiger partial charge in [-0.2, -0.15) is 5.26 Å². The number of aromatic nitrogens is 1. The first kappa shape index (κ1) is 12.9. The number of ether oxygens (including phenoxy) is 1. The number of nitrogen functional groups attached to an aromatic ring is 1. The number of nitriles is 1. The molecule has 0 radical (unpaired) electrons. The monoisotopic (exact) mass is 253 g/mol. The Bertz CT molecular complexity index is 672. The van der Waals surface area contributed by atoms with Gasteiger partial charge in [0, 0.05) is 0 Å². The van der Waals surface area contributed by atoms with Gasteiger partial charge in [0.25, 0.3) is 0 Å². The summed E-state index contributed by atoms with van der Waals surface area (Å²) in [4.78, 5) is 4.08. The minimum Gasteiger partial charge on any atom is -0.437 e. The van der Waals surface area contributed by atoms with E-state index in [0.717, 1.165) is 16.7 Å². The zero-order valence-corrected chi connectivity index (χ0v) is 11.2. The van der Waals surface area contributed by atoms with E-state index in [9.17, 15) is 0 Å². The summed E-state index contributed by atoms with van der Waals surface area (Å²) >= 11 is 0. The van der Waals surface area contributed by atoms with E-state index >= 15 is 0 Å². The van der Waals surface area contributed by atoms with Crippen LogP contribution in [-0.2, 0) is 0 Å². The summed E-state index contributed by atoms with van der Waals surface area (Å²) in [5.74, 6) is 0.996. The fourth-order valence-corrected chi connectivity index (χ4v) is 1.84. The van der Waals surface area contributed by atoms with Crippen LogP contribution in [0.4, 0.5) is 5.69 Å². The first-order valence-electron chi connectivity index (χ1n) is 5.92.